The number of nitrogens with zero attached hydrogens (tertiary/aromatic N) is 1. The van der Waals surface area contributed by atoms with Gasteiger partial charge >= 0.3 is 6.18 Å². The molecule has 0 spiro atoms. The molecule has 2 rings (SSSR count). The summed E-state index contributed by atoms with van der Waals surface area (Å²) in [6.07, 6.45) is -4.03. The van der Waals surface area contributed by atoms with Crippen LogP contribution in [0.25, 0.3) is 0 Å². The number of aromatic nitrogens is 1. The molecular formula is C18H18F3N3O3S. The number of carbonyl (C=O) groups excluding carboxylic acids is 3. The summed E-state index contributed by atoms with van der Waals surface area (Å²) >= 11 is 1.13. The smallest absolute Gasteiger partial charge is 0.324 e. The minimum atomic E-state index is -4.79. The van der Waals surface area contributed by atoms with Crippen LogP contribution in [0.5, 0.6) is 0 Å². The maximum atomic E-state index is 13.4. The summed E-state index contributed by atoms with van der Waals surface area (Å²) < 4.78 is 40.2. The van der Waals surface area contributed by atoms with E-state index in [0.29, 0.717) is 0 Å². The van der Waals surface area contributed by atoms with Gasteiger partial charge in [-0.05, 0) is 12.1 Å². The van der Waals surface area contributed by atoms with Gasteiger partial charge in [0.15, 0.2) is 10.9 Å². The van der Waals surface area contributed by atoms with Crippen molar-refractivity contribution in [3.05, 3.63) is 40.9 Å². The molecular weight excluding hydrogens is 395 g/mol. The molecule has 0 saturated carbocycles. The fraction of sp³-hybridized carbons (Fsp3) is 0.333. The van der Waals surface area contributed by atoms with Gasteiger partial charge in [0.25, 0.3) is 0 Å². The summed E-state index contributed by atoms with van der Waals surface area (Å²) in [4.78, 5) is 40.6. The Kier molecular flexibility index (Phi) is 6.23. The number of hydrogen-bond donors (Lipinski definition) is 2. The van der Waals surface area contributed by atoms with Crippen LogP contribution >= 0.6 is 11.3 Å². The Morgan fingerprint density at radius 3 is 2.32 bits per heavy atom. The monoisotopic (exact) mass is 413 g/mol. The van der Waals surface area contributed by atoms with Crippen molar-refractivity contribution in [2.24, 2.45) is 5.41 Å². The van der Waals surface area contributed by atoms with Gasteiger partial charge in [0, 0.05) is 22.6 Å². The normalized spacial score (nSPS) is 11.8. The molecule has 2 amide bonds. The number of carbonyl (C=O) groups is 3. The first-order chi connectivity index (χ1) is 12.9. The topological polar surface area (TPSA) is 88.2 Å². The van der Waals surface area contributed by atoms with Gasteiger partial charge in [-0.25, -0.2) is 4.98 Å². The highest BCUT2D eigenvalue weighted by atomic mass is 32.1. The van der Waals surface area contributed by atoms with Gasteiger partial charge in [-0.15, -0.1) is 11.3 Å². The van der Waals surface area contributed by atoms with Crippen LogP contribution in [0.3, 0.4) is 0 Å². The Labute approximate surface area is 163 Å². The van der Waals surface area contributed by atoms with Crippen LogP contribution in [0, 0.1) is 5.41 Å². The van der Waals surface area contributed by atoms with Crippen molar-refractivity contribution in [2.45, 2.75) is 33.4 Å². The lowest BCUT2D eigenvalue weighted by molar-refractivity contribution is -0.137. The first-order valence-electron chi connectivity index (χ1n) is 8.14. The molecule has 0 fully saturated rings. The lowest BCUT2D eigenvalue weighted by atomic mass is 9.94. The molecule has 1 aromatic heterocycles. The number of halogens is 3. The second-order valence-electron chi connectivity index (χ2n) is 6.92. The number of hydrogen-bond acceptors (Lipinski definition) is 5. The van der Waals surface area contributed by atoms with Crippen molar-refractivity contribution < 1.29 is 27.6 Å². The van der Waals surface area contributed by atoms with E-state index in [1.165, 1.54) is 27.0 Å². The second kappa shape index (κ2) is 8.09. The molecule has 0 aliphatic heterocycles. The maximum absolute atomic E-state index is 13.4. The Balaban J connectivity index is 2.35. The van der Waals surface area contributed by atoms with Crippen LogP contribution < -0.4 is 10.6 Å². The highest BCUT2D eigenvalue weighted by Crippen LogP contribution is 2.37. The largest absolute Gasteiger partial charge is 0.418 e. The van der Waals surface area contributed by atoms with Crippen molar-refractivity contribution >= 4 is 39.8 Å². The first kappa shape index (κ1) is 21.5. The summed E-state index contributed by atoms with van der Waals surface area (Å²) in [6.45, 7) is 4.59. The standard InChI is InChI=1S/C18H18F3N3O3S/c1-17(2,3)15(27)24-14-10(5-4-6-11(14)18(19,20)21)12(25)9-13(26)23-16-22-7-8-28-16/h4-8H,9H2,1-3H3,(H,24,27)(H,22,23,26). The van der Waals surface area contributed by atoms with E-state index in [9.17, 15) is 27.6 Å². The predicted molar refractivity (Wildman–Crippen MR) is 99.2 cm³/mol. The fourth-order valence-corrected chi connectivity index (χ4v) is 2.69. The number of benzene rings is 1. The molecule has 1 aromatic carbocycles. The highest BCUT2D eigenvalue weighted by Gasteiger charge is 2.37. The van der Waals surface area contributed by atoms with Crippen molar-refractivity contribution in [1.82, 2.24) is 4.98 Å². The molecule has 10 heteroatoms. The molecule has 0 radical (unpaired) electrons. The number of anilines is 2. The summed E-state index contributed by atoms with van der Waals surface area (Å²) in [7, 11) is 0. The maximum Gasteiger partial charge on any atom is 0.418 e. The Bertz CT molecular complexity index is 888. The summed E-state index contributed by atoms with van der Waals surface area (Å²) in [6, 6.07) is 2.97. The van der Waals surface area contributed by atoms with Crippen LogP contribution in [0.15, 0.2) is 29.8 Å². The van der Waals surface area contributed by atoms with Crippen LogP contribution in [-0.2, 0) is 15.8 Å². The minimum Gasteiger partial charge on any atom is -0.324 e. The van der Waals surface area contributed by atoms with Gasteiger partial charge in [-0.1, -0.05) is 26.8 Å². The van der Waals surface area contributed by atoms with E-state index >= 15 is 0 Å². The number of ketones is 1. The molecule has 2 N–H and O–H groups in total. The summed E-state index contributed by atoms with van der Waals surface area (Å²) in [5.41, 5.74) is -3.18. The van der Waals surface area contributed by atoms with E-state index in [4.69, 9.17) is 0 Å². The van der Waals surface area contributed by atoms with E-state index in [0.717, 1.165) is 29.5 Å². The molecule has 2 aromatic rings. The minimum absolute atomic E-state index is 0.267. The van der Waals surface area contributed by atoms with Crippen molar-refractivity contribution in [3.63, 3.8) is 0 Å². The predicted octanol–water partition coefficient (Wildman–Crippen LogP) is 4.36. The summed E-state index contributed by atoms with van der Waals surface area (Å²) in [5, 5.41) is 6.48. The number of Topliss-reactive ketones (excluding diaryl/α,β-unsaturated/α-hetero) is 1. The molecule has 0 aliphatic carbocycles. The average molecular weight is 413 g/mol. The van der Waals surface area contributed by atoms with E-state index in [1.807, 2.05) is 0 Å². The third kappa shape index (κ3) is 5.38. The Hall–Kier alpha value is -2.75. The van der Waals surface area contributed by atoms with Crippen molar-refractivity contribution in [2.75, 3.05) is 10.6 Å². The SMILES string of the molecule is CC(C)(C)C(=O)Nc1c(C(=O)CC(=O)Nc2nccs2)cccc1C(F)(F)F. The zero-order chi connectivity index (χ0) is 21.1. The molecule has 0 aliphatic rings. The number of alkyl halides is 3. The molecule has 0 unspecified atom stereocenters. The van der Waals surface area contributed by atoms with Gasteiger partial charge in [0.05, 0.1) is 17.7 Å². The lowest BCUT2D eigenvalue weighted by Crippen LogP contribution is -2.30. The van der Waals surface area contributed by atoms with Gasteiger partial charge in [0.2, 0.25) is 11.8 Å². The van der Waals surface area contributed by atoms with Gasteiger partial charge in [-0.3, -0.25) is 14.4 Å². The fourth-order valence-electron chi connectivity index (χ4n) is 2.15. The molecule has 0 bridgehead atoms. The number of nitrogens with one attached hydrogen (secondary N) is 2. The van der Waals surface area contributed by atoms with E-state index < -0.39 is 46.9 Å². The summed E-state index contributed by atoms with van der Waals surface area (Å²) in [5.74, 6) is -2.26. The van der Waals surface area contributed by atoms with Gasteiger partial charge in [0.1, 0.15) is 0 Å². The Morgan fingerprint density at radius 2 is 1.79 bits per heavy atom. The number of amides is 2. The van der Waals surface area contributed by atoms with Crippen LogP contribution in [0.2, 0.25) is 0 Å². The van der Waals surface area contributed by atoms with Crippen molar-refractivity contribution in [3.8, 4) is 0 Å². The molecule has 6 nitrogen and oxygen atoms in total. The average Bonchev–Trinajstić information content (AvgIpc) is 3.05. The molecule has 28 heavy (non-hydrogen) atoms. The third-order valence-corrected chi connectivity index (χ3v) is 4.28. The lowest BCUT2D eigenvalue weighted by Gasteiger charge is -2.22. The molecule has 150 valence electrons. The van der Waals surface area contributed by atoms with E-state index in [-0.39, 0.29) is 10.7 Å². The van der Waals surface area contributed by atoms with Gasteiger partial charge < -0.3 is 10.6 Å². The van der Waals surface area contributed by atoms with Gasteiger partial charge in [-0.2, -0.15) is 13.2 Å². The van der Waals surface area contributed by atoms with Crippen LogP contribution in [0.4, 0.5) is 24.0 Å². The van der Waals surface area contributed by atoms with Crippen molar-refractivity contribution in [1.29, 1.82) is 0 Å². The number of thiazole rings is 1. The zero-order valence-electron chi connectivity index (χ0n) is 15.3. The van der Waals surface area contributed by atoms with Crippen LogP contribution in [0.1, 0.15) is 43.1 Å². The number of rotatable bonds is 5. The molecule has 0 saturated heterocycles. The van der Waals surface area contributed by atoms with Crippen LogP contribution in [-0.4, -0.2) is 22.6 Å². The molecule has 0 atom stereocenters. The zero-order valence-corrected chi connectivity index (χ0v) is 16.1. The quantitative estimate of drug-likeness (QED) is 0.563. The molecule has 1 heterocycles. The highest BCUT2D eigenvalue weighted by molar-refractivity contribution is 7.13. The third-order valence-electron chi connectivity index (χ3n) is 3.59. The van der Waals surface area contributed by atoms with E-state index in [1.54, 1.807) is 5.38 Å². The number of para-hydroxylation sites is 1. The first-order valence-corrected chi connectivity index (χ1v) is 9.02. The second-order valence-corrected chi connectivity index (χ2v) is 7.81. The Morgan fingerprint density at radius 1 is 1.11 bits per heavy atom. The van der Waals surface area contributed by atoms with E-state index in [2.05, 4.69) is 15.6 Å².